The lowest BCUT2D eigenvalue weighted by Gasteiger charge is -2.15. The van der Waals surface area contributed by atoms with E-state index in [1.165, 1.54) is 32.1 Å². The van der Waals surface area contributed by atoms with Crippen LogP contribution in [0.5, 0.6) is 0 Å². The van der Waals surface area contributed by atoms with Crippen LogP contribution in [0.25, 0.3) is 0 Å². The summed E-state index contributed by atoms with van der Waals surface area (Å²) < 4.78 is 22.7. The van der Waals surface area contributed by atoms with Gasteiger partial charge in [-0.15, -0.1) is 0 Å². The van der Waals surface area contributed by atoms with E-state index in [0.29, 0.717) is 6.04 Å². The smallest absolute Gasteiger partial charge is 0.279 e. The van der Waals surface area contributed by atoms with E-state index in [1.807, 2.05) is 5.43 Å². The molecule has 0 bridgehead atoms. The second-order valence-corrected chi connectivity index (χ2v) is 3.51. The molecule has 4 nitrogen and oxygen atoms in total. The Morgan fingerprint density at radius 2 is 1.80 bits per heavy atom. The van der Waals surface area contributed by atoms with Crippen molar-refractivity contribution in [2.24, 2.45) is 17.3 Å². The average molecular weight is 222 g/mol. The maximum Gasteiger partial charge on any atom is 0.279 e. The van der Waals surface area contributed by atoms with Crippen molar-refractivity contribution in [1.82, 2.24) is 5.43 Å². The van der Waals surface area contributed by atoms with Crippen LogP contribution < -0.4 is 22.7 Å². The number of nitrogens with two attached hydrogens (primary N) is 3. The van der Waals surface area contributed by atoms with Crippen molar-refractivity contribution in [3.8, 4) is 0 Å². The summed E-state index contributed by atoms with van der Waals surface area (Å²) >= 11 is 0. The molecule has 0 aromatic carbocycles. The molecule has 0 amide bonds. The van der Waals surface area contributed by atoms with Gasteiger partial charge in [-0.1, -0.05) is 19.3 Å². The number of alkyl halides is 2. The van der Waals surface area contributed by atoms with Crippen LogP contribution in [-0.4, -0.2) is 12.5 Å². The summed E-state index contributed by atoms with van der Waals surface area (Å²) in [4.78, 5) is 0. The molecule has 1 rings (SSSR count). The Hall–Kier alpha value is -0.880. The SMILES string of the molecule is NC1CCCCC1.NN/C=C(\N)C(F)F. The average Bonchev–Trinajstić information content (AvgIpc) is 2.20. The van der Waals surface area contributed by atoms with Gasteiger partial charge in [0.15, 0.2) is 0 Å². The third-order valence-electron chi connectivity index (χ3n) is 2.15. The lowest BCUT2D eigenvalue weighted by atomic mass is 9.97. The van der Waals surface area contributed by atoms with Crippen LogP contribution in [0.15, 0.2) is 11.9 Å². The van der Waals surface area contributed by atoms with Gasteiger partial charge in [0.05, 0.1) is 5.70 Å². The largest absolute Gasteiger partial charge is 0.396 e. The van der Waals surface area contributed by atoms with Gasteiger partial charge in [-0.05, 0) is 12.8 Å². The topological polar surface area (TPSA) is 90.1 Å². The van der Waals surface area contributed by atoms with Gasteiger partial charge >= 0.3 is 0 Å². The predicted molar refractivity (Wildman–Crippen MR) is 56.7 cm³/mol. The number of hydrazine groups is 1. The van der Waals surface area contributed by atoms with Gasteiger partial charge in [0.25, 0.3) is 6.43 Å². The van der Waals surface area contributed by atoms with Gasteiger partial charge in [-0.3, -0.25) is 5.84 Å². The zero-order valence-corrected chi connectivity index (χ0v) is 8.76. The molecule has 0 radical (unpaired) electrons. The summed E-state index contributed by atoms with van der Waals surface area (Å²) in [6.07, 6.45) is 4.87. The molecule has 0 heterocycles. The summed E-state index contributed by atoms with van der Waals surface area (Å²) in [6.45, 7) is 0. The van der Waals surface area contributed by atoms with Gasteiger partial charge in [-0.25, -0.2) is 8.78 Å². The highest BCUT2D eigenvalue weighted by Crippen LogP contribution is 2.14. The molecule has 1 saturated carbocycles. The van der Waals surface area contributed by atoms with Crippen molar-refractivity contribution < 1.29 is 8.78 Å². The monoisotopic (exact) mass is 222 g/mol. The fourth-order valence-corrected chi connectivity index (χ4v) is 1.29. The highest BCUT2D eigenvalue weighted by molar-refractivity contribution is 4.96. The van der Waals surface area contributed by atoms with Gasteiger partial charge < -0.3 is 16.9 Å². The zero-order chi connectivity index (χ0) is 11.7. The number of halogens is 2. The number of allylic oxidation sites excluding steroid dienone is 1. The zero-order valence-electron chi connectivity index (χ0n) is 8.76. The fraction of sp³-hybridized carbons (Fsp3) is 0.778. The summed E-state index contributed by atoms with van der Waals surface area (Å²) in [5, 5.41) is 0. The van der Waals surface area contributed by atoms with Crippen LogP contribution in [0.2, 0.25) is 0 Å². The minimum Gasteiger partial charge on any atom is -0.396 e. The van der Waals surface area contributed by atoms with E-state index >= 15 is 0 Å². The second kappa shape index (κ2) is 8.43. The van der Waals surface area contributed by atoms with E-state index in [1.54, 1.807) is 0 Å². The summed E-state index contributed by atoms with van der Waals surface area (Å²) in [7, 11) is 0. The van der Waals surface area contributed by atoms with Crippen LogP contribution in [0.4, 0.5) is 8.78 Å². The van der Waals surface area contributed by atoms with Crippen LogP contribution in [-0.2, 0) is 0 Å². The van der Waals surface area contributed by atoms with E-state index in [2.05, 4.69) is 5.84 Å². The second-order valence-electron chi connectivity index (χ2n) is 3.51. The van der Waals surface area contributed by atoms with Crippen LogP contribution in [0.3, 0.4) is 0 Å². The number of hydrogen-bond acceptors (Lipinski definition) is 4. The molecule has 0 unspecified atom stereocenters. The van der Waals surface area contributed by atoms with Crippen LogP contribution >= 0.6 is 0 Å². The van der Waals surface area contributed by atoms with Crippen molar-refractivity contribution in [3.63, 3.8) is 0 Å². The van der Waals surface area contributed by atoms with Gasteiger partial charge in [0, 0.05) is 12.2 Å². The van der Waals surface area contributed by atoms with Gasteiger partial charge in [-0.2, -0.15) is 0 Å². The molecule has 0 saturated heterocycles. The number of nitrogens with one attached hydrogen (secondary N) is 1. The molecule has 15 heavy (non-hydrogen) atoms. The molecule has 0 atom stereocenters. The van der Waals surface area contributed by atoms with E-state index in [-0.39, 0.29) is 0 Å². The Bertz CT molecular complexity index is 179. The molecule has 1 aliphatic carbocycles. The van der Waals surface area contributed by atoms with E-state index < -0.39 is 12.1 Å². The molecule has 90 valence electrons. The van der Waals surface area contributed by atoms with Crippen molar-refractivity contribution in [1.29, 1.82) is 0 Å². The Kier molecular flexibility index (Phi) is 7.94. The molecule has 0 aliphatic heterocycles. The molecular formula is C9H20F2N4. The van der Waals surface area contributed by atoms with Crippen LogP contribution in [0, 0.1) is 0 Å². The molecule has 1 aliphatic rings. The van der Waals surface area contributed by atoms with E-state index in [9.17, 15) is 8.78 Å². The molecule has 6 heteroatoms. The van der Waals surface area contributed by atoms with E-state index in [0.717, 1.165) is 6.20 Å². The molecule has 7 N–H and O–H groups in total. The Balaban J connectivity index is 0.000000262. The first-order chi connectivity index (χ1) is 7.07. The lowest BCUT2D eigenvalue weighted by Crippen LogP contribution is -2.22. The summed E-state index contributed by atoms with van der Waals surface area (Å²) in [5.74, 6) is 4.63. The number of hydrogen-bond donors (Lipinski definition) is 4. The Morgan fingerprint density at radius 1 is 1.27 bits per heavy atom. The normalized spacial score (nSPS) is 18.3. The quantitative estimate of drug-likeness (QED) is 0.411. The van der Waals surface area contributed by atoms with Crippen molar-refractivity contribution in [2.75, 3.05) is 0 Å². The fourth-order valence-electron chi connectivity index (χ4n) is 1.29. The van der Waals surface area contributed by atoms with E-state index in [4.69, 9.17) is 11.5 Å². The first kappa shape index (κ1) is 14.1. The van der Waals surface area contributed by atoms with Crippen molar-refractivity contribution >= 4 is 0 Å². The Labute approximate surface area is 88.8 Å². The number of rotatable bonds is 2. The lowest BCUT2D eigenvalue weighted by molar-refractivity contribution is 0.187. The minimum atomic E-state index is -2.63. The van der Waals surface area contributed by atoms with Gasteiger partial charge in [0.2, 0.25) is 0 Å². The van der Waals surface area contributed by atoms with Gasteiger partial charge in [0.1, 0.15) is 0 Å². The summed E-state index contributed by atoms with van der Waals surface area (Å²) in [5.41, 5.74) is 11.6. The minimum absolute atomic E-state index is 0.536. The first-order valence-corrected chi connectivity index (χ1v) is 5.03. The van der Waals surface area contributed by atoms with Crippen LogP contribution in [0.1, 0.15) is 32.1 Å². The maximum atomic E-state index is 11.3. The standard InChI is InChI=1S/C6H13N.C3H7F2N3/c7-6-4-2-1-3-5-6;4-3(5)2(6)1-8-7/h6H,1-5,7H2;1,3,8H,6-7H2/b;2-1-. The summed E-state index contributed by atoms with van der Waals surface area (Å²) in [6, 6.07) is 0.536. The third-order valence-corrected chi connectivity index (χ3v) is 2.15. The maximum absolute atomic E-state index is 11.3. The highest BCUT2D eigenvalue weighted by atomic mass is 19.3. The predicted octanol–water partition coefficient (Wildman–Crippen LogP) is 0.793. The highest BCUT2D eigenvalue weighted by Gasteiger charge is 2.06. The molecule has 0 spiro atoms. The molecule has 0 aromatic rings. The first-order valence-electron chi connectivity index (χ1n) is 5.03. The molecule has 0 aromatic heterocycles. The van der Waals surface area contributed by atoms with Crippen molar-refractivity contribution in [3.05, 3.63) is 11.9 Å². The third kappa shape index (κ3) is 8.14. The molecule has 1 fully saturated rings. The molecular weight excluding hydrogens is 202 g/mol. The Morgan fingerprint density at radius 3 is 2.00 bits per heavy atom. The van der Waals surface area contributed by atoms with Crippen molar-refractivity contribution in [2.45, 2.75) is 44.6 Å².